The minimum absolute atomic E-state index is 0.0516. The highest BCUT2D eigenvalue weighted by atomic mass is 19.4. The Morgan fingerprint density at radius 3 is 2.35 bits per heavy atom. The topological polar surface area (TPSA) is 49.8 Å². The first-order valence-electron chi connectivity index (χ1n) is 12.5. The van der Waals surface area contributed by atoms with Crippen molar-refractivity contribution in [2.45, 2.75) is 82.3 Å². The molecule has 6 rings (SSSR count). The van der Waals surface area contributed by atoms with Crippen molar-refractivity contribution in [2.75, 3.05) is 0 Å². The normalized spacial score (nSPS) is 33.0. The summed E-state index contributed by atoms with van der Waals surface area (Å²) < 4.78 is 48.3. The zero-order valence-electron chi connectivity index (χ0n) is 19.1. The van der Waals surface area contributed by atoms with Gasteiger partial charge in [-0.05, 0) is 85.3 Å². The second-order valence-electron chi connectivity index (χ2n) is 10.9. The van der Waals surface area contributed by atoms with Crippen LogP contribution >= 0.6 is 0 Å². The lowest BCUT2D eigenvalue weighted by Gasteiger charge is -2.48. The molecule has 0 radical (unpaired) electrons. The standard InChI is InChI=1S/C27H30F3NO3/c28-27(29,30)25-23-6-4-15(14-31-20-2-1-3-21(31)11-19(10-20)26(32)33)8-16(23)5-7-24(25)34-22-12-17-9-18(17)13-22/h4-8,17-22H,1-3,9-14H2,(H,32,33). The lowest BCUT2D eigenvalue weighted by atomic mass is 9.78. The number of ether oxygens (including phenoxy) is 1. The summed E-state index contributed by atoms with van der Waals surface area (Å²) in [6.45, 7) is 0.641. The molecule has 7 heteroatoms. The largest absolute Gasteiger partial charge is 0.490 e. The molecule has 182 valence electrons. The second-order valence-corrected chi connectivity index (χ2v) is 10.9. The summed E-state index contributed by atoms with van der Waals surface area (Å²) in [6.07, 6.45) is 2.69. The average Bonchev–Trinajstić information content (AvgIpc) is 3.38. The van der Waals surface area contributed by atoms with E-state index in [0.717, 1.165) is 37.7 Å². The van der Waals surface area contributed by atoms with Gasteiger partial charge >= 0.3 is 12.1 Å². The molecule has 2 aromatic carbocycles. The Hall–Kier alpha value is -2.28. The molecular formula is C27H30F3NO3. The average molecular weight is 474 g/mol. The molecular weight excluding hydrogens is 443 g/mol. The number of carboxylic acid groups (broad SMARTS) is 1. The van der Waals surface area contributed by atoms with E-state index in [1.807, 2.05) is 6.07 Å². The fourth-order valence-electron chi connectivity index (χ4n) is 6.93. The lowest BCUT2D eigenvalue weighted by Crippen LogP contribution is -2.52. The monoisotopic (exact) mass is 473 g/mol. The van der Waals surface area contributed by atoms with E-state index in [1.54, 1.807) is 18.2 Å². The summed E-state index contributed by atoms with van der Waals surface area (Å²) in [7, 11) is 0. The number of hydrogen-bond acceptors (Lipinski definition) is 3. The minimum atomic E-state index is -4.49. The zero-order valence-corrected chi connectivity index (χ0v) is 19.1. The van der Waals surface area contributed by atoms with E-state index >= 15 is 0 Å². The number of alkyl halides is 3. The molecule has 2 heterocycles. The summed E-state index contributed by atoms with van der Waals surface area (Å²) in [5, 5.41) is 10.2. The zero-order chi connectivity index (χ0) is 23.6. The summed E-state index contributed by atoms with van der Waals surface area (Å²) in [6, 6.07) is 8.93. The molecule has 4 nitrogen and oxygen atoms in total. The Kier molecular flexibility index (Phi) is 5.32. The maximum atomic E-state index is 14.1. The van der Waals surface area contributed by atoms with Gasteiger partial charge in [0, 0.05) is 18.6 Å². The highest BCUT2D eigenvalue weighted by Crippen LogP contribution is 2.53. The van der Waals surface area contributed by atoms with Gasteiger partial charge in [-0.25, -0.2) is 0 Å². The first-order chi connectivity index (χ1) is 16.3. The number of carboxylic acids is 1. The van der Waals surface area contributed by atoms with Crippen molar-refractivity contribution in [1.29, 1.82) is 0 Å². The number of hydrogen-bond donors (Lipinski definition) is 1. The van der Waals surface area contributed by atoms with Gasteiger partial charge in [0.1, 0.15) is 11.3 Å². The molecule has 4 unspecified atom stereocenters. The number of nitrogens with zero attached hydrogens (tertiary/aromatic N) is 1. The maximum absolute atomic E-state index is 14.1. The van der Waals surface area contributed by atoms with Crippen LogP contribution in [0.2, 0.25) is 0 Å². The molecule has 0 spiro atoms. The summed E-state index contributed by atoms with van der Waals surface area (Å²) >= 11 is 0. The highest BCUT2D eigenvalue weighted by Gasteiger charge is 2.47. The second kappa shape index (κ2) is 8.14. The van der Waals surface area contributed by atoms with E-state index in [9.17, 15) is 23.1 Å². The SMILES string of the molecule is O=C(O)C1CC2CCCC(C1)N2Cc1ccc2c(C(F)(F)F)c(OC3CC4CC4C3)ccc2c1. The van der Waals surface area contributed by atoms with Crippen LogP contribution in [0.4, 0.5) is 13.2 Å². The van der Waals surface area contributed by atoms with E-state index in [-0.39, 0.29) is 35.2 Å². The van der Waals surface area contributed by atoms with Crippen molar-refractivity contribution < 1.29 is 27.8 Å². The van der Waals surface area contributed by atoms with Crippen LogP contribution < -0.4 is 4.74 Å². The summed E-state index contributed by atoms with van der Waals surface area (Å²) in [4.78, 5) is 13.9. The van der Waals surface area contributed by atoms with Crippen molar-refractivity contribution in [3.8, 4) is 5.75 Å². The van der Waals surface area contributed by atoms with Gasteiger partial charge < -0.3 is 9.84 Å². The van der Waals surface area contributed by atoms with E-state index in [4.69, 9.17) is 4.74 Å². The number of piperidine rings is 2. The van der Waals surface area contributed by atoms with Crippen LogP contribution in [0.15, 0.2) is 30.3 Å². The molecule has 2 aliphatic carbocycles. The number of benzene rings is 2. The number of rotatable bonds is 5. The molecule has 2 saturated heterocycles. The first kappa shape index (κ1) is 22.2. The Morgan fingerprint density at radius 1 is 1.00 bits per heavy atom. The molecule has 2 saturated carbocycles. The number of aliphatic carboxylic acids is 1. The lowest BCUT2D eigenvalue weighted by molar-refractivity contribution is -0.146. The van der Waals surface area contributed by atoms with Crippen molar-refractivity contribution in [3.63, 3.8) is 0 Å². The molecule has 2 aromatic rings. The van der Waals surface area contributed by atoms with Crippen LogP contribution in [0.1, 0.15) is 62.5 Å². The van der Waals surface area contributed by atoms with Gasteiger partial charge in [0.2, 0.25) is 0 Å². The Labute approximate surface area is 197 Å². The van der Waals surface area contributed by atoms with Gasteiger partial charge in [-0.2, -0.15) is 13.2 Å². The van der Waals surface area contributed by atoms with Crippen LogP contribution in [-0.4, -0.2) is 34.2 Å². The fourth-order valence-corrected chi connectivity index (χ4v) is 6.93. The van der Waals surface area contributed by atoms with Crippen molar-refractivity contribution in [1.82, 2.24) is 4.90 Å². The molecule has 4 atom stereocenters. The molecule has 2 bridgehead atoms. The van der Waals surface area contributed by atoms with Gasteiger partial charge in [0.05, 0.1) is 12.0 Å². The number of carbonyl (C=O) groups is 1. The number of fused-ring (bicyclic) bond motifs is 4. The van der Waals surface area contributed by atoms with Crippen LogP contribution in [0, 0.1) is 17.8 Å². The maximum Gasteiger partial charge on any atom is 0.420 e. The van der Waals surface area contributed by atoms with E-state index in [2.05, 4.69) is 4.90 Å². The molecule has 2 aliphatic heterocycles. The van der Waals surface area contributed by atoms with Crippen LogP contribution in [0.5, 0.6) is 5.75 Å². The van der Waals surface area contributed by atoms with Crippen LogP contribution in [-0.2, 0) is 17.5 Å². The third-order valence-corrected chi connectivity index (χ3v) is 8.66. The fraction of sp³-hybridized carbons (Fsp3) is 0.593. The Bertz CT molecular complexity index is 1090. The predicted octanol–water partition coefficient (Wildman–Crippen LogP) is 6.25. The molecule has 0 amide bonds. The van der Waals surface area contributed by atoms with Gasteiger partial charge in [0.25, 0.3) is 0 Å². The van der Waals surface area contributed by atoms with Crippen LogP contribution in [0.25, 0.3) is 10.8 Å². The Balaban J connectivity index is 1.27. The van der Waals surface area contributed by atoms with Gasteiger partial charge in [-0.3, -0.25) is 9.69 Å². The van der Waals surface area contributed by atoms with Gasteiger partial charge in [0.15, 0.2) is 0 Å². The quantitative estimate of drug-likeness (QED) is 0.557. The molecule has 34 heavy (non-hydrogen) atoms. The number of halogens is 3. The van der Waals surface area contributed by atoms with Gasteiger partial charge in [-0.15, -0.1) is 0 Å². The van der Waals surface area contributed by atoms with Crippen molar-refractivity contribution in [2.24, 2.45) is 17.8 Å². The van der Waals surface area contributed by atoms with E-state index < -0.39 is 17.7 Å². The van der Waals surface area contributed by atoms with Gasteiger partial charge in [-0.1, -0.05) is 24.6 Å². The van der Waals surface area contributed by atoms with Crippen molar-refractivity contribution >= 4 is 16.7 Å². The third kappa shape index (κ3) is 4.06. The highest BCUT2D eigenvalue weighted by molar-refractivity contribution is 5.89. The minimum Gasteiger partial charge on any atom is -0.490 e. The summed E-state index contributed by atoms with van der Waals surface area (Å²) in [5.74, 6) is 0.227. The van der Waals surface area contributed by atoms with Crippen LogP contribution in [0.3, 0.4) is 0 Å². The summed E-state index contributed by atoms with van der Waals surface area (Å²) in [5.41, 5.74) is 0.298. The van der Waals surface area contributed by atoms with Crippen molar-refractivity contribution in [3.05, 3.63) is 41.5 Å². The predicted molar refractivity (Wildman–Crippen MR) is 122 cm³/mol. The molecule has 0 aromatic heterocycles. The Morgan fingerprint density at radius 2 is 1.71 bits per heavy atom. The smallest absolute Gasteiger partial charge is 0.420 e. The first-order valence-corrected chi connectivity index (χ1v) is 12.5. The molecule has 4 aliphatic rings. The molecule has 4 fully saturated rings. The molecule has 1 N–H and O–H groups in total. The van der Waals surface area contributed by atoms with E-state index in [0.29, 0.717) is 36.6 Å². The third-order valence-electron chi connectivity index (χ3n) is 8.66. The van der Waals surface area contributed by atoms with E-state index in [1.165, 1.54) is 12.5 Å².